The van der Waals surface area contributed by atoms with Crippen molar-refractivity contribution in [3.8, 4) is 5.75 Å². The van der Waals surface area contributed by atoms with E-state index in [4.69, 9.17) is 4.74 Å². The lowest BCUT2D eigenvalue weighted by Crippen LogP contribution is -2.61. The van der Waals surface area contributed by atoms with Crippen molar-refractivity contribution in [3.05, 3.63) is 36.0 Å². The molecule has 12 amide bonds. The minimum absolute atomic E-state index is 0.0218. The van der Waals surface area contributed by atoms with Crippen molar-refractivity contribution >= 4 is 82.0 Å². The van der Waals surface area contributed by atoms with Crippen molar-refractivity contribution < 1.29 is 67.4 Å². The van der Waals surface area contributed by atoms with Gasteiger partial charge in [0.2, 0.25) is 59.1 Å². The molecular weight excluding hydrogens is 1070 g/mol. The zero-order valence-corrected chi connectivity index (χ0v) is 48.8. The lowest BCUT2D eigenvalue weighted by atomic mass is 9.99. The van der Waals surface area contributed by atoms with Gasteiger partial charge in [-0.15, -0.1) is 0 Å². The molecule has 27 nitrogen and oxygen atoms in total. The summed E-state index contributed by atoms with van der Waals surface area (Å²) in [5.41, 5.74) is -1.07. The molecule has 3 saturated heterocycles. The fraction of sp³-hybridized carbons (Fsp3) is 0.618. The van der Waals surface area contributed by atoms with Crippen LogP contribution in [-0.4, -0.2) is 233 Å². The van der Waals surface area contributed by atoms with E-state index in [-0.39, 0.29) is 25.9 Å². The van der Waals surface area contributed by atoms with Crippen molar-refractivity contribution in [2.24, 2.45) is 11.8 Å². The van der Waals surface area contributed by atoms with Gasteiger partial charge in [-0.3, -0.25) is 52.7 Å². The minimum atomic E-state index is -1.60. The van der Waals surface area contributed by atoms with Gasteiger partial charge >= 0.3 is 6.09 Å². The van der Waals surface area contributed by atoms with E-state index in [1.54, 1.807) is 72.7 Å². The number of rotatable bonds is 5. The number of nitrogens with zero attached hydrogens (tertiary/aromatic N) is 7. The zero-order chi connectivity index (χ0) is 60.9. The van der Waals surface area contributed by atoms with Crippen LogP contribution >= 0.6 is 0 Å². The number of carbonyl (C=O) groups is 12. The molecule has 2 aromatic rings. The van der Waals surface area contributed by atoms with E-state index in [2.05, 4.69) is 36.9 Å². The Morgan fingerprint density at radius 3 is 1.50 bits per heavy atom. The van der Waals surface area contributed by atoms with E-state index in [1.807, 2.05) is 0 Å². The predicted molar refractivity (Wildman–Crippen MR) is 297 cm³/mol. The summed E-state index contributed by atoms with van der Waals surface area (Å²) in [6.45, 7) is 8.18. The Kier molecular flexibility index (Phi) is 22.5. The summed E-state index contributed by atoms with van der Waals surface area (Å²) in [7, 11) is 5.34. The number of piperidine rings is 2. The number of hydrogen-bond donors (Lipinski definition) is 7. The van der Waals surface area contributed by atoms with Crippen LogP contribution in [0, 0.1) is 11.8 Å². The second-order valence-electron chi connectivity index (χ2n) is 22.7. The maximum Gasteiger partial charge on any atom is 0.408 e. The summed E-state index contributed by atoms with van der Waals surface area (Å²) in [4.78, 5) is 179. The Bertz CT molecular complexity index is 2750. The van der Waals surface area contributed by atoms with Gasteiger partial charge in [0, 0.05) is 59.8 Å². The summed E-state index contributed by atoms with van der Waals surface area (Å²) in [5.74, 6) is -9.86. The number of benzene rings is 1. The average Bonchev–Trinajstić information content (AvgIpc) is 3.57. The molecule has 0 saturated carbocycles. The summed E-state index contributed by atoms with van der Waals surface area (Å²) < 4.78 is 5.44. The van der Waals surface area contributed by atoms with Crippen LogP contribution in [0.2, 0.25) is 0 Å². The van der Waals surface area contributed by atoms with Crippen LogP contribution in [0.4, 0.5) is 4.79 Å². The van der Waals surface area contributed by atoms with E-state index in [0.29, 0.717) is 36.6 Å². The SMILES string of the molecule is CC(C)[C@H]1C(=O)NC[C@@H](NC(=O)c2nc3ccccc3cc2O)C(=O)N2CCCC[C@H]2C(=O)NCC(=O)N(C)CC(=O)N(C)[C@@H](C(C)C)C(=O)NC[C@@H](NC(=O)OC(C)(C)C)C(=O)N2CCCC[C@H]2C(=O)NCC(=O)N(C)CC(=O)N1C. The van der Waals surface area contributed by atoms with Crippen molar-refractivity contribution in [1.29, 1.82) is 0 Å². The number of likely N-dealkylation sites (N-methyl/N-ethyl adjacent to an activating group) is 4. The number of carbonyl (C=O) groups excluding carboxylic acids is 12. The van der Waals surface area contributed by atoms with E-state index < -0.39 is 175 Å². The molecule has 3 aliphatic heterocycles. The lowest BCUT2D eigenvalue weighted by Gasteiger charge is -2.37. The first-order valence-corrected chi connectivity index (χ1v) is 27.6. The smallest absolute Gasteiger partial charge is 0.408 e. The number of ether oxygens (including phenoxy) is 1. The molecule has 0 unspecified atom stereocenters. The second kappa shape index (κ2) is 28.5. The molecule has 4 heterocycles. The second-order valence-corrected chi connectivity index (χ2v) is 22.7. The Balaban J connectivity index is 1.47. The summed E-state index contributed by atoms with van der Waals surface area (Å²) >= 11 is 0. The number of para-hydroxylation sites is 1. The third-order valence-corrected chi connectivity index (χ3v) is 14.5. The summed E-state index contributed by atoms with van der Waals surface area (Å²) in [6.07, 6.45) is 1.24. The van der Waals surface area contributed by atoms with Gasteiger partial charge in [0.25, 0.3) is 5.91 Å². The van der Waals surface area contributed by atoms with Gasteiger partial charge in [0.05, 0.1) is 31.7 Å². The maximum atomic E-state index is 14.8. The van der Waals surface area contributed by atoms with Crippen molar-refractivity contribution in [3.63, 3.8) is 0 Å². The molecule has 27 heteroatoms. The number of aromatic nitrogens is 1. The van der Waals surface area contributed by atoms with Crippen LogP contribution in [-0.2, 0) is 52.7 Å². The van der Waals surface area contributed by atoms with Gasteiger partial charge in [-0.1, -0.05) is 45.9 Å². The van der Waals surface area contributed by atoms with Crippen molar-refractivity contribution in [1.82, 2.24) is 66.3 Å². The molecule has 0 aliphatic carbocycles. The molecule has 450 valence electrons. The van der Waals surface area contributed by atoms with Gasteiger partial charge < -0.3 is 71.1 Å². The monoisotopic (exact) mass is 1150 g/mol. The Labute approximate surface area is 477 Å². The summed E-state index contributed by atoms with van der Waals surface area (Å²) in [5, 5.41) is 27.0. The molecule has 5 rings (SSSR count). The number of fused-ring (bicyclic) bond motifs is 3. The van der Waals surface area contributed by atoms with Crippen molar-refractivity contribution in [2.75, 3.05) is 80.5 Å². The highest BCUT2D eigenvalue weighted by Crippen LogP contribution is 2.24. The molecule has 0 radical (unpaired) electrons. The first kappa shape index (κ1) is 64.7. The van der Waals surface area contributed by atoms with Crippen LogP contribution in [0.3, 0.4) is 0 Å². The van der Waals surface area contributed by atoms with Gasteiger partial charge in [-0.05, 0) is 83.3 Å². The van der Waals surface area contributed by atoms with Gasteiger partial charge in [-0.2, -0.15) is 0 Å². The van der Waals surface area contributed by atoms with Crippen LogP contribution in [0.25, 0.3) is 10.9 Å². The Morgan fingerprint density at radius 2 is 1.06 bits per heavy atom. The molecule has 3 aliphatic rings. The number of nitrogens with one attached hydrogen (secondary N) is 6. The molecule has 0 spiro atoms. The molecule has 82 heavy (non-hydrogen) atoms. The molecule has 6 atom stereocenters. The summed E-state index contributed by atoms with van der Waals surface area (Å²) in [6, 6.07) is 0.235. The molecular formula is C55H81N13O14. The van der Waals surface area contributed by atoms with Crippen LogP contribution in [0.15, 0.2) is 30.3 Å². The maximum absolute atomic E-state index is 14.8. The third-order valence-electron chi connectivity index (χ3n) is 14.5. The third kappa shape index (κ3) is 17.0. The largest absolute Gasteiger partial charge is 0.505 e. The molecule has 1 aromatic carbocycles. The van der Waals surface area contributed by atoms with Gasteiger partial charge in [0.1, 0.15) is 47.6 Å². The molecule has 7 N–H and O–H groups in total. The Morgan fingerprint density at radius 1 is 0.622 bits per heavy atom. The highest BCUT2D eigenvalue weighted by atomic mass is 16.6. The number of pyridine rings is 1. The Hall–Kier alpha value is -8.13. The zero-order valence-electron chi connectivity index (χ0n) is 48.8. The van der Waals surface area contributed by atoms with Crippen LogP contribution in [0.1, 0.15) is 97.5 Å². The lowest BCUT2D eigenvalue weighted by molar-refractivity contribution is -0.146. The quantitative estimate of drug-likeness (QED) is 0.190. The van der Waals surface area contributed by atoms with E-state index in [0.717, 1.165) is 19.6 Å². The highest BCUT2D eigenvalue weighted by Gasteiger charge is 2.41. The predicted octanol–water partition coefficient (Wildman–Crippen LogP) is -0.945. The van der Waals surface area contributed by atoms with Crippen LogP contribution in [0.5, 0.6) is 5.75 Å². The van der Waals surface area contributed by atoms with Crippen molar-refractivity contribution in [2.45, 2.75) is 129 Å². The fourth-order valence-corrected chi connectivity index (χ4v) is 10.1. The van der Waals surface area contributed by atoms with E-state index in [9.17, 15) is 62.6 Å². The van der Waals surface area contributed by atoms with Crippen LogP contribution < -0.4 is 31.9 Å². The van der Waals surface area contributed by atoms with E-state index in [1.165, 1.54) is 44.1 Å². The standard InChI is InChI=1S/C55H81N13O14/c1-31(2)45-50(77)56-25-35(61-49(76)44-39(69)24-33-18-12-13-19-34(33)60-44)52(79)67-22-16-14-20-37(67)47(74)58-27-40(70)64(9)30-43(73)66(11)46(32(3)4)51(78)57-26-36(62-54(81)82-55(5,6)7)53(80)68-23-17-15-21-38(68)48(75)59-28-41(71)63(8)29-42(72)65(45)10/h12-13,18-19,24,31-32,35-38,45-46,69H,14-17,20-23,25-30H2,1-11H3,(H,56,77)(H,57,78)(H,58,74)(H,59,75)(H,61,76)(H,62,81)/t35-,36-,37+,38+,45+,46+/m1/s1. The van der Waals surface area contributed by atoms with Gasteiger partial charge in [-0.25, -0.2) is 9.78 Å². The first-order chi connectivity index (χ1) is 38.5. The van der Waals surface area contributed by atoms with E-state index >= 15 is 0 Å². The highest BCUT2D eigenvalue weighted by molar-refractivity contribution is 6.02. The number of aromatic hydroxyl groups is 1. The molecule has 1 aromatic heterocycles. The number of amides is 12. The average molecular weight is 1150 g/mol. The normalized spacial score (nSPS) is 24.0. The topological polar surface area (TPSA) is 339 Å². The molecule has 0 bridgehead atoms. The fourth-order valence-electron chi connectivity index (χ4n) is 10.1. The molecule has 3 fully saturated rings. The van der Waals surface area contributed by atoms with Gasteiger partial charge in [0.15, 0.2) is 5.69 Å². The number of hydrogen-bond acceptors (Lipinski definition) is 15. The minimum Gasteiger partial charge on any atom is -0.505 e. The number of alkyl carbamates (subject to hydrolysis) is 1. The first-order valence-electron chi connectivity index (χ1n) is 27.6.